The van der Waals surface area contributed by atoms with Crippen LogP contribution in [0.4, 0.5) is 0 Å². The Bertz CT molecular complexity index is 539. The van der Waals surface area contributed by atoms with Crippen LogP contribution in [0.5, 0.6) is 11.5 Å². The van der Waals surface area contributed by atoms with Gasteiger partial charge in [-0.3, -0.25) is 0 Å². The number of nitrogens with one attached hydrogen (secondary N) is 1. The van der Waals surface area contributed by atoms with Crippen molar-refractivity contribution < 1.29 is 9.47 Å². The van der Waals surface area contributed by atoms with E-state index in [0.29, 0.717) is 6.54 Å². The lowest BCUT2D eigenvalue weighted by molar-refractivity contribution is 0.354. The molecule has 19 heavy (non-hydrogen) atoms. The van der Waals surface area contributed by atoms with E-state index in [0.717, 1.165) is 29.4 Å². The van der Waals surface area contributed by atoms with Crippen LogP contribution in [0.3, 0.4) is 0 Å². The van der Waals surface area contributed by atoms with E-state index >= 15 is 0 Å². The molecule has 1 N–H and O–H groups in total. The smallest absolute Gasteiger partial charge is 0.161 e. The zero-order valence-electron chi connectivity index (χ0n) is 11.4. The van der Waals surface area contributed by atoms with Gasteiger partial charge in [0.25, 0.3) is 0 Å². The predicted molar refractivity (Wildman–Crippen MR) is 71.1 cm³/mol. The van der Waals surface area contributed by atoms with E-state index in [1.807, 2.05) is 29.8 Å². The van der Waals surface area contributed by atoms with Gasteiger partial charge in [0, 0.05) is 13.6 Å². The minimum absolute atomic E-state index is 0.671. The minimum Gasteiger partial charge on any atom is -0.493 e. The van der Waals surface area contributed by atoms with Crippen LogP contribution in [0, 0.1) is 0 Å². The Labute approximate surface area is 112 Å². The zero-order chi connectivity index (χ0) is 13.7. The summed E-state index contributed by atoms with van der Waals surface area (Å²) in [7, 11) is 5.19. The molecule has 0 unspecified atom stereocenters. The molecule has 102 valence electrons. The number of aromatic nitrogens is 3. The Kier molecular flexibility index (Phi) is 4.35. The molecule has 0 atom stereocenters. The van der Waals surface area contributed by atoms with Crippen molar-refractivity contribution in [3.8, 4) is 11.5 Å². The van der Waals surface area contributed by atoms with Gasteiger partial charge >= 0.3 is 0 Å². The highest BCUT2D eigenvalue weighted by atomic mass is 16.5. The highest BCUT2D eigenvalue weighted by molar-refractivity contribution is 5.42. The molecule has 0 aliphatic carbocycles. The van der Waals surface area contributed by atoms with Gasteiger partial charge in [0.2, 0.25) is 0 Å². The summed E-state index contributed by atoms with van der Waals surface area (Å²) in [6.45, 7) is 1.40. The number of hydrogen-bond acceptors (Lipinski definition) is 5. The third-order valence-electron chi connectivity index (χ3n) is 2.87. The van der Waals surface area contributed by atoms with Gasteiger partial charge in [0.05, 0.1) is 20.8 Å². The number of aryl methyl sites for hydroxylation is 1. The van der Waals surface area contributed by atoms with E-state index < -0.39 is 0 Å². The molecular weight excluding hydrogens is 244 g/mol. The lowest BCUT2D eigenvalue weighted by Gasteiger charge is -2.10. The average molecular weight is 262 g/mol. The van der Waals surface area contributed by atoms with Crippen LogP contribution in [0.25, 0.3) is 0 Å². The first-order valence-electron chi connectivity index (χ1n) is 5.99. The van der Waals surface area contributed by atoms with Crippen molar-refractivity contribution in [2.45, 2.75) is 13.1 Å². The van der Waals surface area contributed by atoms with E-state index in [4.69, 9.17) is 9.47 Å². The predicted octanol–water partition coefficient (Wildman–Crippen LogP) is 1.12. The number of ether oxygens (including phenoxy) is 2. The summed E-state index contributed by atoms with van der Waals surface area (Å²) in [5.41, 5.74) is 1.12. The Balaban J connectivity index is 1.94. The Morgan fingerprint density at radius 1 is 1.16 bits per heavy atom. The third-order valence-corrected chi connectivity index (χ3v) is 2.87. The molecule has 0 bridgehead atoms. The summed E-state index contributed by atoms with van der Waals surface area (Å²) in [4.78, 5) is 0. The van der Waals surface area contributed by atoms with E-state index in [1.165, 1.54) is 0 Å². The molecule has 0 aliphatic heterocycles. The van der Waals surface area contributed by atoms with Crippen molar-refractivity contribution in [2.75, 3.05) is 14.2 Å². The maximum Gasteiger partial charge on any atom is 0.161 e. The second-order valence-electron chi connectivity index (χ2n) is 4.15. The summed E-state index contributed by atoms with van der Waals surface area (Å²) < 4.78 is 12.4. The number of rotatable bonds is 6. The fraction of sp³-hybridized carbons (Fsp3) is 0.385. The Hall–Kier alpha value is -2.08. The standard InChI is InChI=1S/C13H18N4O2/c1-17-9-15-16-13(17)8-14-7-10-4-5-11(18-2)12(6-10)19-3/h4-6,9,14H,7-8H2,1-3H3. The van der Waals surface area contributed by atoms with Crippen molar-refractivity contribution in [3.05, 3.63) is 35.9 Å². The molecule has 2 aromatic rings. The maximum atomic E-state index is 5.27. The van der Waals surface area contributed by atoms with Crippen molar-refractivity contribution in [3.63, 3.8) is 0 Å². The molecule has 0 amide bonds. The highest BCUT2D eigenvalue weighted by Gasteiger charge is 2.05. The van der Waals surface area contributed by atoms with Crippen molar-refractivity contribution in [1.29, 1.82) is 0 Å². The Morgan fingerprint density at radius 2 is 1.95 bits per heavy atom. The SMILES string of the molecule is COc1ccc(CNCc2nncn2C)cc1OC. The summed E-state index contributed by atoms with van der Waals surface area (Å²) in [6, 6.07) is 5.87. The van der Waals surface area contributed by atoms with Gasteiger partial charge < -0.3 is 19.4 Å². The normalized spacial score (nSPS) is 10.5. The van der Waals surface area contributed by atoms with E-state index in [2.05, 4.69) is 15.5 Å². The first kappa shape index (κ1) is 13.4. The zero-order valence-corrected chi connectivity index (χ0v) is 11.4. The topological polar surface area (TPSA) is 61.2 Å². The molecule has 0 saturated carbocycles. The van der Waals surface area contributed by atoms with E-state index in [1.54, 1.807) is 20.5 Å². The second-order valence-corrected chi connectivity index (χ2v) is 4.15. The molecule has 1 aromatic heterocycles. The molecule has 1 aromatic carbocycles. The molecule has 0 fully saturated rings. The van der Waals surface area contributed by atoms with Gasteiger partial charge in [0.1, 0.15) is 12.2 Å². The molecule has 0 aliphatic rings. The molecule has 0 radical (unpaired) electrons. The molecule has 6 heteroatoms. The van der Waals surface area contributed by atoms with Gasteiger partial charge in [-0.2, -0.15) is 0 Å². The van der Waals surface area contributed by atoms with Crippen molar-refractivity contribution in [2.24, 2.45) is 7.05 Å². The van der Waals surface area contributed by atoms with Crippen LogP contribution in [0.2, 0.25) is 0 Å². The maximum absolute atomic E-state index is 5.27. The van der Waals surface area contributed by atoms with Gasteiger partial charge in [-0.25, -0.2) is 0 Å². The van der Waals surface area contributed by atoms with Crippen LogP contribution in [-0.2, 0) is 20.1 Å². The Morgan fingerprint density at radius 3 is 2.58 bits per heavy atom. The van der Waals surface area contributed by atoms with E-state index in [-0.39, 0.29) is 0 Å². The van der Waals surface area contributed by atoms with Gasteiger partial charge in [-0.05, 0) is 17.7 Å². The number of methoxy groups -OCH3 is 2. The van der Waals surface area contributed by atoms with Gasteiger partial charge in [0.15, 0.2) is 11.5 Å². The second kappa shape index (κ2) is 6.19. The van der Waals surface area contributed by atoms with Crippen LogP contribution in [0.1, 0.15) is 11.4 Å². The van der Waals surface area contributed by atoms with Crippen molar-refractivity contribution in [1.82, 2.24) is 20.1 Å². The molecular formula is C13H18N4O2. The lowest BCUT2D eigenvalue weighted by atomic mass is 10.2. The molecule has 6 nitrogen and oxygen atoms in total. The largest absolute Gasteiger partial charge is 0.493 e. The van der Waals surface area contributed by atoms with Crippen LogP contribution >= 0.6 is 0 Å². The van der Waals surface area contributed by atoms with Gasteiger partial charge in [-0.1, -0.05) is 6.07 Å². The first-order valence-corrected chi connectivity index (χ1v) is 5.99. The summed E-state index contributed by atoms with van der Waals surface area (Å²) in [6.07, 6.45) is 1.69. The molecule has 2 rings (SSSR count). The average Bonchev–Trinajstić information content (AvgIpc) is 2.84. The van der Waals surface area contributed by atoms with E-state index in [9.17, 15) is 0 Å². The molecule has 1 heterocycles. The quantitative estimate of drug-likeness (QED) is 0.845. The molecule has 0 saturated heterocycles. The van der Waals surface area contributed by atoms with Crippen LogP contribution in [0.15, 0.2) is 24.5 Å². The third kappa shape index (κ3) is 3.23. The molecule has 0 spiro atoms. The number of hydrogen-bond donors (Lipinski definition) is 1. The van der Waals surface area contributed by atoms with Crippen LogP contribution < -0.4 is 14.8 Å². The van der Waals surface area contributed by atoms with Crippen LogP contribution in [-0.4, -0.2) is 29.0 Å². The highest BCUT2D eigenvalue weighted by Crippen LogP contribution is 2.27. The summed E-state index contributed by atoms with van der Waals surface area (Å²) in [5.74, 6) is 2.38. The van der Waals surface area contributed by atoms with Gasteiger partial charge in [-0.15, -0.1) is 10.2 Å². The fourth-order valence-corrected chi connectivity index (χ4v) is 1.78. The fourth-order valence-electron chi connectivity index (χ4n) is 1.78. The summed E-state index contributed by atoms with van der Waals surface area (Å²) in [5, 5.41) is 11.2. The minimum atomic E-state index is 0.671. The monoisotopic (exact) mass is 262 g/mol. The first-order chi connectivity index (χ1) is 9.24. The number of benzene rings is 1. The number of nitrogens with zero attached hydrogens (tertiary/aromatic N) is 3. The summed E-state index contributed by atoms with van der Waals surface area (Å²) >= 11 is 0. The lowest BCUT2D eigenvalue weighted by Crippen LogP contribution is -2.15. The van der Waals surface area contributed by atoms with Crippen molar-refractivity contribution >= 4 is 0 Å².